The van der Waals surface area contributed by atoms with Crippen molar-refractivity contribution in [2.45, 2.75) is 13.1 Å². The van der Waals surface area contributed by atoms with Crippen molar-refractivity contribution >= 4 is 28.0 Å². The number of rotatable bonds is 3. The van der Waals surface area contributed by atoms with Crippen LogP contribution < -0.4 is 5.32 Å². The maximum Gasteiger partial charge on any atom is 0.417 e. The number of fused-ring (bicyclic) bond motifs is 1. The number of thiazole rings is 1. The van der Waals surface area contributed by atoms with E-state index in [0.29, 0.717) is 5.13 Å². The van der Waals surface area contributed by atoms with E-state index in [9.17, 15) is 18.0 Å². The summed E-state index contributed by atoms with van der Waals surface area (Å²) in [6, 6.07) is 7.99. The third-order valence-corrected chi connectivity index (χ3v) is 4.81. The van der Waals surface area contributed by atoms with Crippen molar-refractivity contribution in [3.63, 3.8) is 0 Å². The van der Waals surface area contributed by atoms with Gasteiger partial charge < -0.3 is 0 Å². The number of nitrogens with zero attached hydrogens (tertiary/aromatic N) is 4. The van der Waals surface area contributed by atoms with Crippen LogP contribution in [-0.4, -0.2) is 25.5 Å². The first kappa shape index (κ1) is 18.1. The van der Waals surface area contributed by atoms with Gasteiger partial charge in [-0.1, -0.05) is 18.2 Å². The van der Waals surface area contributed by atoms with Gasteiger partial charge in [0.05, 0.1) is 17.0 Å². The van der Waals surface area contributed by atoms with Crippen LogP contribution in [0.3, 0.4) is 0 Å². The molecule has 1 aromatic carbocycles. The standard InChI is InChI=1S/C18H12F3N5OS/c1-10-9-28-17(23-10)24-16(27)14-6-7-22-15-8-13(25-26(14)15)11-4-2-3-5-12(11)18(19,20)21/h2-9H,1H3,(H,23,24,27). The Labute approximate surface area is 160 Å². The minimum Gasteiger partial charge on any atom is -0.296 e. The number of hydrogen-bond donors (Lipinski definition) is 1. The zero-order valence-electron chi connectivity index (χ0n) is 14.4. The quantitative estimate of drug-likeness (QED) is 0.549. The van der Waals surface area contributed by atoms with Crippen LogP contribution in [0.1, 0.15) is 21.7 Å². The zero-order valence-corrected chi connectivity index (χ0v) is 15.2. The SMILES string of the molecule is Cc1csc(NC(=O)c2ccnc3cc(-c4ccccc4C(F)(F)F)nn23)n1. The molecule has 0 saturated carbocycles. The molecule has 10 heteroatoms. The first-order valence-corrected chi connectivity index (χ1v) is 8.96. The Morgan fingerprint density at radius 3 is 2.71 bits per heavy atom. The second kappa shape index (κ2) is 6.71. The molecular formula is C18H12F3N5OS. The van der Waals surface area contributed by atoms with Gasteiger partial charge in [-0.05, 0) is 19.1 Å². The summed E-state index contributed by atoms with van der Waals surface area (Å²) < 4.78 is 41.2. The number of aryl methyl sites for hydroxylation is 1. The van der Waals surface area contributed by atoms with E-state index in [1.54, 1.807) is 12.3 Å². The van der Waals surface area contributed by atoms with E-state index in [1.807, 2.05) is 0 Å². The summed E-state index contributed by atoms with van der Waals surface area (Å²) in [5.74, 6) is -0.486. The molecule has 0 saturated heterocycles. The Morgan fingerprint density at radius 2 is 2.00 bits per heavy atom. The summed E-state index contributed by atoms with van der Waals surface area (Å²) in [5.41, 5.74) is 0.352. The topological polar surface area (TPSA) is 72.2 Å². The van der Waals surface area contributed by atoms with Gasteiger partial charge in [0.15, 0.2) is 10.8 Å². The van der Waals surface area contributed by atoms with Gasteiger partial charge >= 0.3 is 6.18 Å². The Kier molecular flexibility index (Phi) is 4.34. The molecule has 3 heterocycles. The van der Waals surface area contributed by atoms with Gasteiger partial charge in [0.2, 0.25) is 0 Å². The molecule has 6 nitrogen and oxygen atoms in total. The van der Waals surface area contributed by atoms with Gasteiger partial charge in [-0.3, -0.25) is 10.1 Å². The third-order valence-electron chi connectivity index (χ3n) is 3.94. The highest BCUT2D eigenvalue weighted by Gasteiger charge is 2.34. The molecule has 0 aliphatic carbocycles. The third kappa shape index (κ3) is 3.33. The van der Waals surface area contributed by atoms with E-state index in [4.69, 9.17) is 0 Å². The molecule has 4 rings (SSSR count). The molecule has 0 unspecified atom stereocenters. The van der Waals surface area contributed by atoms with Crippen molar-refractivity contribution in [3.8, 4) is 11.3 Å². The summed E-state index contributed by atoms with van der Waals surface area (Å²) in [5, 5.41) is 9.07. The lowest BCUT2D eigenvalue weighted by Gasteiger charge is -2.10. The lowest BCUT2D eigenvalue weighted by atomic mass is 10.0. The van der Waals surface area contributed by atoms with E-state index < -0.39 is 17.6 Å². The second-order valence-corrected chi connectivity index (χ2v) is 6.78. The molecule has 142 valence electrons. The van der Waals surface area contributed by atoms with Crippen LogP contribution in [0.25, 0.3) is 16.9 Å². The number of halogens is 3. The van der Waals surface area contributed by atoms with Crippen LogP contribution in [0.2, 0.25) is 0 Å². The monoisotopic (exact) mass is 403 g/mol. The van der Waals surface area contributed by atoms with Gasteiger partial charge in [0.25, 0.3) is 5.91 Å². The molecule has 1 amide bonds. The van der Waals surface area contributed by atoms with E-state index in [-0.39, 0.29) is 22.6 Å². The van der Waals surface area contributed by atoms with E-state index >= 15 is 0 Å². The Hall–Kier alpha value is -3.27. The Balaban J connectivity index is 1.77. The molecule has 3 aromatic heterocycles. The van der Waals surface area contributed by atoms with E-state index in [2.05, 4.69) is 20.4 Å². The number of aromatic nitrogens is 4. The van der Waals surface area contributed by atoms with Crippen molar-refractivity contribution < 1.29 is 18.0 Å². The van der Waals surface area contributed by atoms with Gasteiger partial charge in [0.1, 0.15) is 5.69 Å². The van der Waals surface area contributed by atoms with Crippen molar-refractivity contribution in [2.75, 3.05) is 5.32 Å². The number of amides is 1. The van der Waals surface area contributed by atoms with Crippen molar-refractivity contribution in [1.82, 2.24) is 19.6 Å². The number of anilines is 1. The number of hydrogen-bond acceptors (Lipinski definition) is 5. The Bertz CT molecular complexity index is 1180. The lowest BCUT2D eigenvalue weighted by molar-refractivity contribution is -0.137. The summed E-state index contributed by atoms with van der Waals surface area (Å²) in [6.45, 7) is 1.80. The maximum absolute atomic E-state index is 13.3. The average molecular weight is 403 g/mol. The summed E-state index contributed by atoms with van der Waals surface area (Å²) in [7, 11) is 0. The fourth-order valence-corrected chi connectivity index (χ4v) is 3.41. The molecule has 4 aromatic rings. The number of carbonyl (C=O) groups is 1. The minimum absolute atomic E-state index is 0.0748. The predicted molar refractivity (Wildman–Crippen MR) is 98.2 cm³/mol. The number of nitrogens with one attached hydrogen (secondary N) is 1. The van der Waals surface area contributed by atoms with Gasteiger partial charge in [-0.15, -0.1) is 11.3 Å². The molecule has 0 aliphatic rings. The highest BCUT2D eigenvalue weighted by atomic mass is 32.1. The molecular weight excluding hydrogens is 391 g/mol. The zero-order chi connectivity index (χ0) is 19.9. The Morgan fingerprint density at radius 1 is 1.21 bits per heavy atom. The molecule has 0 spiro atoms. The normalized spacial score (nSPS) is 11.7. The molecule has 28 heavy (non-hydrogen) atoms. The predicted octanol–water partition coefficient (Wildman–Crippen LogP) is 4.43. The number of carbonyl (C=O) groups excluding carboxylic acids is 1. The molecule has 0 fully saturated rings. The van der Waals surface area contributed by atoms with Gasteiger partial charge in [0, 0.05) is 23.2 Å². The highest BCUT2D eigenvalue weighted by molar-refractivity contribution is 7.13. The molecule has 0 bridgehead atoms. The average Bonchev–Trinajstić information content (AvgIpc) is 3.26. The smallest absolute Gasteiger partial charge is 0.296 e. The fourth-order valence-electron chi connectivity index (χ4n) is 2.73. The first-order chi connectivity index (χ1) is 13.3. The maximum atomic E-state index is 13.3. The summed E-state index contributed by atoms with van der Waals surface area (Å²) >= 11 is 1.27. The largest absolute Gasteiger partial charge is 0.417 e. The minimum atomic E-state index is -4.53. The summed E-state index contributed by atoms with van der Waals surface area (Å²) in [4.78, 5) is 20.9. The molecule has 0 radical (unpaired) electrons. The van der Waals surface area contributed by atoms with Gasteiger partial charge in [-0.2, -0.15) is 18.3 Å². The van der Waals surface area contributed by atoms with Crippen molar-refractivity contribution in [2.24, 2.45) is 0 Å². The van der Waals surface area contributed by atoms with Crippen molar-refractivity contribution in [1.29, 1.82) is 0 Å². The lowest BCUT2D eigenvalue weighted by Crippen LogP contribution is -2.16. The van der Waals surface area contributed by atoms with Crippen LogP contribution >= 0.6 is 11.3 Å². The van der Waals surface area contributed by atoms with Gasteiger partial charge in [-0.25, -0.2) is 14.5 Å². The number of benzene rings is 1. The van der Waals surface area contributed by atoms with Crippen LogP contribution in [0.5, 0.6) is 0 Å². The first-order valence-electron chi connectivity index (χ1n) is 8.08. The summed E-state index contributed by atoms with van der Waals surface area (Å²) in [6.07, 6.45) is -3.12. The molecule has 1 N–H and O–H groups in total. The molecule has 0 atom stereocenters. The van der Waals surface area contributed by atoms with Crippen LogP contribution in [0, 0.1) is 6.92 Å². The van der Waals surface area contributed by atoms with Crippen LogP contribution in [-0.2, 0) is 6.18 Å². The van der Waals surface area contributed by atoms with Crippen LogP contribution in [0.15, 0.2) is 48.0 Å². The van der Waals surface area contributed by atoms with Crippen molar-refractivity contribution in [3.05, 3.63) is 64.9 Å². The van der Waals surface area contributed by atoms with E-state index in [1.165, 1.54) is 52.4 Å². The second-order valence-electron chi connectivity index (χ2n) is 5.92. The fraction of sp³-hybridized carbons (Fsp3) is 0.111. The number of alkyl halides is 3. The van der Waals surface area contributed by atoms with Crippen LogP contribution in [0.4, 0.5) is 18.3 Å². The highest BCUT2D eigenvalue weighted by Crippen LogP contribution is 2.36. The molecule has 0 aliphatic heterocycles. The van der Waals surface area contributed by atoms with E-state index in [0.717, 1.165) is 11.8 Å².